The second-order valence-electron chi connectivity index (χ2n) is 5.80. The highest BCUT2D eigenvalue weighted by molar-refractivity contribution is 5.88. The molecule has 0 aliphatic heterocycles. The molecule has 3 aromatic rings. The van der Waals surface area contributed by atoms with E-state index in [0.717, 1.165) is 5.56 Å². The molecule has 2 aromatic carbocycles. The molecule has 0 aliphatic carbocycles. The average Bonchev–Trinajstić information content (AvgIpc) is 2.62. The molecule has 0 saturated heterocycles. The number of anilines is 3. The summed E-state index contributed by atoms with van der Waals surface area (Å²) in [5, 5.41) is 12.0. The summed E-state index contributed by atoms with van der Waals surface area (Å²) >= 11 is 0. The fourth-order valence-electron chi connectivity index (χ4n) is 2.28. The molecule has 0 radical (unpaired) electrons. The van der Waals surface area contributed by atoms with Crippen molar-refractivity contribution in [3.8, 4) is 11.6 Å². The van der Waals surface area contributed by atoms with Gasteiger partial charge in [-0.2, -0.15) is 4.98 Å². The van der Waals surface area contributed by atoms with Crippen LogP contribution in [-0.2, 0) is 0 Å². The number of aryl methyl sites for hydroxylation is 2. The monoisotopic (exact) mass is 350 g/mol. The van der Waals surface area contributed by atoms with Crippen molar-refractivity contribution in [3.05, 3.63) is 65.5 Å². The van der Waals surface area contributed by atoms with Gasteiger partial charge >= 0.3 is 5.97 Å². The molecule has 1 heterocycles. The van der Waals surface area contributed by atoms with Crippen LogP contribution in [0.2, 0.25) is 0 Å². The van der Waals surface area contributed by atoms with E-state index in [4.69, 9.17) is 15.6 Å². The third kappa shape index (κ3) is 3.72. The van der Waals surface area contributed by atoms with Gasteiger partial charge in [-0.25, -0.2) is 9.78 Å². The Bertz CT molecular complexity index is 955. The van der Waals surface area contributed by atoms with Crippen LogP contribution in [0.4, 0.5) is 17.2 Å². The number of rotatable bonds is 5. The number of nitrogens with zero attached hydrogens (tertiary/aromatic N) is 2. The van der Waals surface area contributed by atoms with Gasteiger partial charge in [-0.1, -0.05) is 6.07 Å². The molecule has 0 atom stereocenters. The molecular formula is C19H18N4O3. The zero-order chi connectivity index (χ0) is 18.7. The number of aromatic nitrogens is 2. The van der Waals surface area contributed by atoms with Crippen LogP contribution in [0.25, 0.3) is 0 Å². The van der Waals surface area contributed by atoms with Crippen LogP contribution in [0, 0.1) is 13.8 Å². The molecule has 0 amide bonds. The van der Waals surface area contributed by atoms with Gasteiger partial charge in [-0.05, 0) is 61.4 Å². The first-order chi connectivity index (χ1) is 12.4. The Balaban J connectivity index is 1.82. The van der Waals surface area contributed by atoms with Gasteiger partial charge in [0.2, 0.25) is 5.88 Å². The third-order valence-corrected chi connectivity index (χ3v) is 3.93. The number of ether oxygens (including phenoxy) is 1. The lowest BCUT2D eigenvalue weighted by Gasteiger charge is -2.12. The number of aromatic carboxylic acids is 1. The minimum atomic E-state index is -0.984. The maximum Gasteiger partial charge on any atom is 0.335 e. The summed E-state index contributed by atoms with van der Waals surface area (Å²) in [6.07, 6.45) is 1.35. The van der Waals surface area contributed by atoms with Gasteiger partial charge < -0.3 is 20.9 Å². The van der Waals surface area contributed by atoms with Crippen LogP contribution >= 0.6 is 0 Å². The van der Waals surface area contributed by atoms with E-state index in [9.17, 15) is 4.79 Å². The minimum absolute atomic E-state index is 0.199. The largest absolute Gasteiger partial charge is 0.478 e. The number of hydrogen-bond acceptors (Lipinski definition) is 6. The molecule has 7 nitrogen and oxygen atoms in total. The van der Waals surface area contributed by atoms with E-state index in [1.165, 1.54) is 24.0 Å². The van der Waals surface area contributed by atoms with E-state index in [-0.39, 0.29) is 17.1 Å². The second kappa shape index (κ2) is 7.10. The minimum Gasteiger partial charge on any atom is -0.478 e. The highest BCUT2D eigenvalue weighted by atomic mass is 16.5. The summed E-state index contributed by atoms with van der Waals surface area (Å²) in [4.78, 5) is 19.1. The summed E-state index contributed by atoms with van der Waals surface area (Å²) in [5.74, 6) is 0.271. The van der Waals surface area contributed by atoms with Gasteiger partial charge in [0.05, 0.1) is 5.56 Å². The summed E-state index contributed by atoms with van der Waals surface area (Å²) in [7, 11) is 0. The quantitative estimate of drug-likeness (QED) is 0.640. The maximum atomic E-state index is 10.9. The first-order valence-corrected chi connectivity index (χ1v) is 7.90. The van der Waals surface area contributed by atoms with Crippen molar-refractivity contribution in [2.45, 2.75) is 13.8 Å². The Kier molecular flexibility index (Phi) is 4.70. The van der Waals surface area contributed by atoms with Gasteiger partial charge in [0.25, 0.3) is 0 Å². The molecule has 0 saturated carbocycles. The number of nitrogens with one attached hydrogen (secondary N) is 1. The maximum absolute atomic E-state index is 10.9. The van der Waals surface area contributed by atoms with Gasteiger partial charge in [-0.3, -0.25) is 0 Å². The molecule has 3 rings (SSSR count). The normalized spacial score (nSPS) is 10.4. The highest BCUT2D eigenvalue weighted by Gasteiger charge is 2.11. The molecule has 7 heteroatoms. The van der Waals surface area contributed by atoms with Crippen molar-refractivity contribution in [1.82, 2.24) is 9.97 Å². The number of carbonyl (C=O) groups is 1. The molecule has 1 aromatic heterocycles. The number of nitrogen functional groups attached to an aromatic ring is 1. The van der Waals surface area contributed by atoms with Crippen LogP contribution < -0.4 is 15.8 Å². The Hall–Kier alpha value is -3.61. The lowest BCUT2D eigenvalue weighted by molar-refractivity contribution is 0.0697. The molecule has 0 aliphatic rings. The SMILES string of the molecule is Cc1ccc(Oc2ncnc(Nc3ccc(C(=O)O)cc3)c2N)cc1C. The van der Waals surface area contributed by atoms with Gasteiger partial charge in [0.15, 0.2) is 5.82 Å². The highest BCUT2D eigenvalue weighted by Crippen LogP contribution is 2.31. The first kappa shape index (κ1) is 17.2. The number of nitrogens with two attached hydrogens (primary N) is 1. The summed E-state index contributed by atoms with van der Waals surface area (Å²) in [5.41, 5.74) is 9.50. The zero-order valence-corrected chi connectivity index (χ0v) is 14.4. The summed E-state index contributed by atoms with van der Waals surface area (Å²) in [6.45, 7) is 4.02. The molecule has 132 valence electrons. The Morgan fingerprint density at radius 2 is 1.81 bits per heavy atom. The number of carboxylic acids is 1. The zero-order valence-electron chi connectivity index (χ0n) is 14.4. The van der Waals surface area contributed by atoms with E-state index < -0.39 is 5.97 Å². The number of benzene rings is 2. The topological polar surface area (TPSA) is 110 Å². The van der Waals surface area contributed by atoms with Gasteiger partial charge in [-0.15, -0.1) is 0 Å². The Labute approximate surface area is 150 Å². The van der Waals surface area contributed by atoms with E-state index in [1.54, 1.807) is 12.1 Å². The molecule has 0 spiro atoms. The van der Waals surface area contributed by atoms with Crippen molar-refractivity contribution in [3.63, 3.8) is 0 Å². The van der Waals surface area contributed by atoms with E-state index in [1.807, 2.05) is 32.0 Å². The predicted molar refractivity (Wildman–Crippen MR) is 99.1 cm³/mol. The fraction of sp³-hybridized carbons (Fsp3) is 0.105. The fourth-order valence-corrected chi connectivity index (χ4v) is 2.28. The Morgan fingerprint density at radius 3 is 2.46 bits per heavy atom. The van der Waals surface area contributed by atoms with Crippen molar-refractivity contribution >= 4 is 23.2 Å². The van der Waals surface area contributed by atoms with Gasteiger partial charge in [0.1, 0.15) is 17.8 Å². The molecule has 0 fully saturated rings. The van der Waals surface area contributed by atoms with Crippen LogP contribution in [0.5, 0.6) is 11.6 Å². The van der Waals surface area contributed by atoms with Crippen molar-refractivity contribution < 1.29 is 14.6 Å². The number of hydrogen-bond donors (Lipinski definition) is 3. The molecule has 4 N–H and O–H groups in total. The van der Waals surface area contributed by atoms with Crippen molar-refractivity contribution in [2.24, 2.45) is 0 Å². The van der Waals surface area contributed by atoms with Crippen LogP contribution in [0.3, 0.4) is 0 Å². The number of carboxylic acid groups (broad SMARTS) is 1. The van der Waals surface area contributed by atoms with Crippen molar-refractivity contribution in [2.75, 3.05) is 11.1 Å². The molecule has 0 unspecified atom stereocenters. The standard InChI is InChI=1S/C19H18N4O3/c1-11-3-8-15(9-12(11)2)26-18-16(20)17(21-10-22-18)23-14-6-4-13(5-7-14)19(24)25/h3-10H,20H2,1-2H3,(H,24,25)(H,21,22,23). The van der Waals surface area contributed by atoms with E-state index in [2.05, 4.69) is 15.3 Å². The Morgan fingerprint density at radius 1 is 1.08 bits per heavy atom. The second-order valence-corrected chi connectivity index (χ2v) is 5.80. The summed E-state index contributed by atoms with van der Waals surface area (Å²) in [6, 6.07) is 12.0. The van der Waals surface area contributed by atoms with Crippen molar-refractivity contribution in [1.29, 1.82) is 0 Å². The van der Waals surface area contributed by atoms with Crippen LogP contribution in [0.15, 0.2) is 48.8 Å². The summed E-state index contributed by atoms with van der Waals surface area (Å²) < 4.78 is 5.78. The smallest absolute Gasteiger partial charge is 0.335 e. The van der Waals surface area contributed by atoms with E-state index in [0.29, 0.717) is 17.3 Å². The molecular weight excluding hydrogens is 332 g/mol. The first-order valence-electron chi connectivity index (χ1n) is 7.90. The molecule has 26 heavy (non-hydrogen) atoms. The lowest BCUT2D eigenvalue weighted by atomic mass is 10.1. The lowest BCUT2D eigenvalue weighted by Crippen LogP contribution is -2.03. The van der Waals surface area contributed by atoms with E-state index >= 15 is 0 Å². The predicted octanol–water partition coefficient (Wildman–Crippen LogP) is 3.91. The van der Waals surface area contributed by atoms with Crippen LogP contribution in [0.1, 0.15) is 21.5 Å². The average molecular weight is 350 g/mol. The third-order valence-electron chi connectivity index (χ3n) is 3.93. The van der Waals surface area contributed by atoms with Crippen LogP contribution in [-0.4, -0.2) is 21.0 Å². The molecule has 0 bridgehead atoms. The van der Waals surface area contributed by atoms with Gasteiger partial charge in [0, 0.05) is 5.69 Å².